The highest BCUT2D eigenvalue weighted by molar-refractivity contribution is 5.86. The standard InChI is InChI=1S/C29H32F8N4O/c1-16-9-21-20-10-17(29(35,36)37)3-4-24(20)39-26(21)27(41(16)14-28(33,34)15-42)25-22(31)11-19(12-23(25)32)38-18-5-8-40(13-18)7-2-6-30/h3-4,10-12,16,18,27,38-39,42H,2,5-9,13-15H2,1H3. The first-order chi connectivity index (χ1) is 19.8. The second-order valence-corrected chi connectivity index (χ2v) is 11.2. The van der Waals surface area contributed by atoms with Crippen LogP contribution in [0.3, 0.4) is 0 Å². The molecule has 0 spiro atoms. The average Bonchev–Trinajstić information content (AvgIpc) is 3.51. The van der Waals surface area contributed by atoms with Crippen LogP contribution in [0.2, 0.25) is 0 Å². The van der Waals surface area contributed by atoms with Gasteiger partial charge in [-0.1, -0.05) is 0 Å². The zero-order valence-electron chi connectivity index (χ0n) is 22.8. The number of aliphatic hydroxyl groups is 1. The molecule has 0 bridgehead atoms. The van der Waals surface area contributed by atoms with Crippen LogP contribution in [0, 0.1) is 11.6 Å². The van der Waals surface area contributed by atoms with Crippen LogP contribution in [0.1, 0.15) is 48.2 Å². The fourth-order valence-electron chi connectivity index (χ4n) is 6.21. The van der Waals surface area contributed by atoms with E-state index in [2.05, 4.69) is 10.3 Å². The summed E-state index contributed by atoms with van der Waals surface area (Å²) in [5, 5.41) is 12.6. The van der Waals surface area contributed by atoms with Gasteiger partial charge in [-0.3, -0.25) is 9.29 Å². The predicted molar refractivity (Wildman–Crippen MR) is 142 cm³/mol. The Bertz CT molecular complexity index is 1400. The third-order valence-electron chi connectivity index (χ3n) is 8.19. The normalized spacial score (nSPS) is 22.2. The lowest BCUT2D eigenvalue weighted by atomic mass is 9.87. The molecule has 42 heavy (non-hydrogen) atoms. The van der Waals surface area contributed by atoms with Crippen LogP contribution < -0.4 is 5.32 Å². The smallest absolute Gasteiger partial charge is 0.390 e. The number of nitrogens with one attached hydrogen (secondary N) is 2. The van der Waals surface area contributed by atoms with Gasteiger partial charge in [0.05, 0.1) is 24.8 Å². The fraction of sp³-hybridized carbons (Fsp3) is 0.517. The molecular weight excluding hydrogens is 572 g/mol. The summed E-state index contributed by atoms with van der Waals surface area (Å²) in [4.78, 5) is 6.17. The van der Waals surface area contributed by atoms with Crippen molar-refractivity contribution in [2.75, 3.05) is 44.8 Å². The van der Waals surface area contributed by atoms with E-state index in [1.54, 1.807) is 6.92 Å². The second kappa shape index (κ2) is 11.6. The first-order valence-electron chi connectivity index (χ1n) is 13.8. The Kier molecular flexibility index (Phi) is 8.47. The van der Waals surface area contributed by atoms with Crippen LogP contribution >= 0.6 is 0 Å². The van der Waals surface area contributed by atoms with Crippen molar-refractivity contribution in [1.29, 1.82) is 0 Å². The molecule has 3 heterocycles. The molecule has 230 valence electrons. The zero-order chi connectivity index (χ0) is 30.4. The number of benzene rings is 2. The summed E-state index contributed by atoms with van der Waals surface area (Å²) < 4.78 is 114. The van der Waals surface area contributed by atoms with Gasteiger partial charge in [-0.25, -0.2) is 17.6 Å². The number of nitrogens with zero attached hydrogens (tertiary/aromatic N) is 2. The van der Waals surface area contributed by atoms with Crippen molar-refractivity contribution in [3.05, 3.63) is 64.4 Å². The van der Waals surface area contributed by atoms with E-state index in [1.165, 1.54) is 11.0 Å². The van der Waals surface area contributed by atoms with E-state index in [-0.39, 0.29) is 34.7 Å². The molecule has 0 aliphatic carbocycles. The molecule has 2 aliphatic rings. The number of alkyl halides is 6. The Labute approximate surface area is 237 Å². The highest BCUT2D eigenvalue weighted by atomic mass is 19.4. The highest BCUT2D eigenvalue weighted by Gasteiger charge is 2.44. The molecular formula is C29H32F8N4O. The van der Waals surface area contributed by atoms with E-state index in [9.17, 15) is 31.4 Å². The molecule has 2 aromatic carbocycles. The SMILES string of the molecule is CC1Cc2c([nH]c3ccc(C(F)(F)F)cc23)C(c2c(F)cc(NC3CCN(CCCF)C3)cc2F)N1CC(F)(F)CO. The van der Waals surface area contributed by atoms with Gasteiger partial charge >= 0.3 is 6.18 Å². The van der Waals surface area contributed by atoms with E-state index >= 15 is 8.78 Å². The van der Waals surface area contributed by atoms with Crippen molar-refractivity contribution < 1.29 is 40.2 Å². The Morgan fingerprint density at radius 2 is 1.79 bits per heavy atom. The van der Waals surface area contributed by atoms with Crippen molar-refractivity contribution in [2.45, 2.75) is 56.4 Å². The van der Waals surface area contributed by atoms with Crippen molar-refractivity contribution in [3.8, 4) is 0 Å². The van der Waals surface area contributed by atoms with E-state index < -0.39 is 66.8 Å². The first kappa shape index (κ1) is 30.6. The number of likely N-dealkylation sites (tertiary alicyclic amines) is 1. The van der Waals surface area contributed by atoms with Crippen molar-refractivity contribution >= 4 is 16.6 Å². The highest BCUT2D eigenvalue weighted by Crippen LogP contribution is 2.45. The third kappa shape index (κ3) is 6.09. The number of aliphatic hydroxyl groups excluding tert-OH is 1. The third-order valence-corrected chi connectivity index (χ3v) is 8.19. The maximum absolute atomic E-state index is 15.8. The number of fused-ring (bicyclic) bond motifs is 3. The predicted octanol–water partition coefficient (Wildman–Crippen LogP) is 6.27. The molecule has 0 radical (unpaired) electrons. The summed E-state index contributed by atoms with van der Waals surface area (Å²) >= 11 is 0. The largest absolute Gasteiger partial charge is 0.416 e. The lowest BCUT2D eigenvalue weighted by Crippen LogP contribution is -2.49. The number of anilines is 1. The summed E-state index contributed by atoms with van der Waals surface area (Å²) in [6.07, 6.45) is -3.51. The number of halogens is 8. The number of hydrogen-bond donors (Lipinski definition) is 3. The van der Waals surface area contributed by atoms with Gasteiger partial charge in [0.25, 0.3) is 5.92 Å². The maximum atomic E-state index is 15.8. The molecule has 0 saturated carbocycles. The number of aromatic amines is 1. The maximum Gasteiger partial charge on any atom is 0.416 e. The molecule has 5 rings (SSSR count). The molecule has 3 unspecified atom stereocenters. The fourth-order valence-corrected chi connectivity index (χ4v) is 6.21. The monoisotopic (exact) mass is 604 g/mol. The van der Waals surface area contributed by atoms with Crippen molar-refractivity contribution in [1.82, 2.24) is 14.8 Å². The zero-order valence-corrected chi connectivity index (χ0v) is 22.8. The van der Waals surface area contributed by atoms with E-state index in [4.69, 9.17) is 0 Å². The van der Waals surface area contributed by atoms with Crippen molar-refractivity contribution in [2.24, 2.45) is 0 Å². The van der Waals surface area contributed by atoms with Crippen LogP contribution in [0.4, 0.5) is 40.8 Å². The molecule has 3 N–H and O–H groups in total. The Morgan fingerprint density at radius 3 is 2.43 bits per heavy atom. The minimum atomic E-state index is -4.63. The minimum absolute atomic E-state index is 0.0398. The van der Waals surface area contributed by atoms with E-state index in [0.29, 0.717) is 38.0 Å². The van der Waals surface area contributed by atoms with Gasteiger partial charge in [-0.2, -0.15) is 13.2 Å². The van der Waals surface area contributed by atoms with Crippen LogP contribution in [-0.4, -0.2) is 77.4 Å². The van der Waals surface area contributed by atoms with Crippen molar-refractivity contribution in [3.63, 3.8) is 0 Å². The van der Waals surface area contributed by atoms with Gasteiger partial charge in [0, 0.05) is 59.6 Å². The molecule has 1 aromatic heterocycles. The molecule has 5 nitrogen and oxygen atoms in total. The molecule has 2 aliphatic heterocycles. The van der Waals surface area contributed by atoms with Gasteiger partial charge < -0.3 is 20.3 Å². The van der Waals surface area contributed by atoms with Crippen LogP contribution in [0.25, 0.3) is 10.9 Å². The van der Waals surface area contributed by atoms with E-state index in [1.807, 2.05) is 4.90 Å². The number of aromatic nitrogens is 1. The summed E-state index contributed by atoms with van der Waals surface area (Å²) in [5.74, 6) is -5.63. The Morgan fingerprint density at radius 1 is 1.07 bits per heavy atom. The van der Waals surface area contributed by atoms with Crippen LogP contribution in [-0.2, 0) is 12.6 Å². The van der Waals surface area contributed by atoms with Gasteiger partial charge in [0.1, 0.15) is 18.2 Å². The number of hydrogen-bond acceptors (Lipinski definition) is 4. The Hall–Kier alpha value is -2.90. The van der Waals surface area contributed by atoms with Gasteiger partial charge in [-0.15, -0.1) is 0 Å². The first-order valence-corrected chi connectivity index (χ1v) is 13.8. The topological polar surface area (TPSA) is 54.5 Å². The van der Waals surface area contributed by atoms with Gasteiger partial charge in [0.15, 0.2) is 0 Å². The number of H-pyrrole nitrogens is 1. The van der Waals surface area contributed by atoms with Gasteiger partial charge in [-0.05, 0) is 62.1 Å². The van der Waals surface area contributed by atoms with Crippen LogP contribution in [0.5, 0.6) is 0 Å². The lowest BCUT2D eigenvalue weighted by Gasteiger charge is -2.42. The molecule has 3 aromatic rings. The van der Waals surface area contributed by atoms with Gasteiger partial charge in [0.2, 0.25) is 0 Å². The minimum Gasteiger partial charge on any atom is -0.390 e. The number of rotatable bonds is 9. The molecule has 3 atom stereocenters. The average molecular weight is 605 g/mol. The summed E-state index contributed by atoms with van der Waals surface area (Å²) in [5.41, 5.74) is -0.530. The quantitative estimate of drug-likeness (QED) is 0.252. The lowest BCUT2D eigenvalue weighted by molar-refractivity contribution is -0.137. The molecule has 1 fully saturated rings. The second-order valence-electron chi connectivity index (χ2n) is 11.2. The summed E-state index contributed by atoms with van der Waals surface area (Å²) in [6.45, 7) is 0.428. The van der Waals surface area contributed by atoms with Crippen LogP contribution in [0.15, 0.2) is 30.3 Å². The molecule has 0 amide bonds. The van der Waals surface area contributed by atoms with E-state index in [0.717, 1.165) is 24.3 Å². The Balaban J connectivity index is 1.55. The summed E-state index contributed by atoms with van der Waals surface area (Å²) in [6, 6.07) is 2.87. The molecule has 1 saturated heterocycles. The molecule has 13 heteroatoms. The summed E-state index contributed by atoms with van der Waals surface area (Å²) in [7, 11) is 0.